The van der Waals surface area contributed by atoms with E-state index in [0.717, 1.165) is 18.9 Å². The van der Waals surface area contributed by atoms with Gasteiger partial charge in [0.1, 0.15) is 0 Å². The Morgan fingerprint density at radius 2 is 2.00 bits per heavy atom. The molecular formula is C13H25NO2. The SMILES string of the molecule is C[C@H]1CO[C@@H]1[C@H](O)[C@@H](N)CC1CCCCC1. The van der Waals surface area contributed by atoms with Gasteiger partial charge < -0.3 is 15.6 Å². The molecule has 0 aromatic carbocycles. The van der Waals surface area contributed by atoms with Gasteiger partial charge in [0, 0.05) is 12.0 Å². The van der Waals surface area contributed by atoms with Crippen molar-refractivity contribution in [3.05, 3.63) is 0 Å². The lowest BCUT2D eigenvalue weighted by molar-refractivity contribution is -0.166. The van der Waals surface area contributed by atoms with E-state index in [1.54, 1.807) is 0 Å². The molecule has 94 valence electrons. The van der Waals surface area contributed by atoms with Crippen molar-refractivity contribution in [2.24, 2.45) is 17.6 Å². The molecule has 2 rings (SSSR count). The zero-order valence-corrected chi connectivity index (χ0v) is 10.3. The quantitative estimate of drug-likeness (QED) is 0.768. The van der Waals surface area contributed by atoms with Crippen LogP contribution in [0.15, 0.2) is 0 Å². The molecule has 2 fully saturated rings. The molecule has 0 unspecified atom stereocenters. The van der Waals surface area contributed by atoms with Crippen LogP contribution in [0.5, 0.6) is 0 Å². The van der Waals surface area contributed by atoms with Crippen LogP contribution in [0.4, 0.5) is 0 Å². The van der Waals surface area contributed by atoms with Gasteiger partial charge in [-0.3, -0.25) is 0 Å². The Kier molecular flexibility index (Phi) is 4.22. The van der Waals surface area contributed by atoms with Gasteiger partial charge in [0.2, 0.25) is 0 Å². The molecule has 1 aliphatic heterocycles. The van der Waals surface area contributed by atoms with E-state index < -0.39 is 6.10 Å². The zero-order valence-electron chi connectivity index (χ0n) is 10.3. The van der Waals surface area contributed by atoms with Gasteiger partial charge in [-0.05, 0) is 12.3 Å². The Morgan fingerprint density at radius 3 is 2.50 bits per heavy atom. The van der Waals surface area contributed by atoms with Crippen molar-refractivity contribution in [1.29, 1.82) is 0 Å². The summed E-state index contributed by atoms with van der Waals surface area (Å²) in [6.45, 7) is 2.89. The molecule has 3 nitrogen and oxygen atoms in total. The molecule has 0 aromatic rings. The highest BCUT2D eigenvalue weighted by molar-refractivity contribution is 4.89. The molecule has 2 aliphatic rings. The highest BCUT2D eigenvalue weighted by Crippen LogP contribution is 2.30. The predicted octanol–water partition coefficient (Wildman–Crippen LogP) is 1.68. The monoisotopic (exact) mass is 227 g/mol. The molecule has 0 radical (unpaired) electrons. The van der Waals surface area contributed by atoms with E-state index in [1.807, 2.05) is 0 Å². The van der Waals surface area contributed by atoms with Crippen molar-refractivity contribution < 1.29 is 9.84 Å². The molecule has 3 N–H and O–H groups in total. The fourth-order valence-electron chi connectivity index (χ4n) is 3.03. The van der Waals surface area contributed by atoms with E-state index in [2.05, 4.69) is 6.92 Å². The van der Waals surface area contributed by atoms with Crippen LogP contribution in [-0.4, -0.2) is 30.0 Å². The van der Waals surface area contributed by atoms with Gasteiger partial charge in [0.25, 0.3) is 0 Å². The number of hydrogen-bond acceptors (Lipinski definition) is 3. The van der Waals surface area contributed by atoms with E-state index in [0.29, 0.717) is 5.92 Å². The van der Waals surface area contributed by atoms with Crippen LogP contribution in [0.25, 0.3) is 0 Å². The second kappa shape index (κ2) is 5.48. The minimum Gasteiger partial charge on any atom is -0.389 e. The van der Waals surface area contributed by atoms with E-state index >= 15 is 0 Å². The number of aliphatic hydroxyl groups excluding tert-OH is 1. The number of ether oxygens (including phenoxy) is 1. The first-order valence-electron chi connectivity index (χ1n) is 6.73. The third kappa shape index (κ3) is 2.76. The molecule has 0 spiro atoms. The van der Waals surface area contributed by atoms with Gasteiger partial charge in [0.05, 0.1) is 18.8 Å². The Hall–Kier alpha value is -0.120. The van der Waals surface area contributed by atoms with Crippen LogP contribution in [0.2, 0.25) is 0 Å². The van der Waals surface area contributed by atoms with Gasteiger partial charge in [-0.25, -0.2) is 0 Å². The first-order valence-corrected chi connectivity index (χ1v) is 6.73. The van der Waals surface area contributed by atoms with Gasteiger partial charge in [-0.15, -0.1) is 0 Å². The van der Waals surface area contributed by atoms with Crippen molar-refractivity contribution in [1.82, 2.24) is 0 Å². The smallest absolute Gasteiger partial charge is 0.0955 e. The minimum atomic E-state index is -0.467. The summed E-state index contributed by atoms with van der Waals surface area (Å²) in [6.07, 6.45) is 7.12. The summed E-state index contributed by atoms with van der Waals surface area (Å²) >= 11 is 0. The molecule has 1 saturated carbocycles. The normalized spacial score (nSPS) is 35.4. The van der Waals surface area contributed by atoms with Crippen molar-refractivity contribution in [3.8, 4) is 0 Å². The van der Waals surface area contributed by atoms with Crippen LogP contribution < -0.4 is 5.73 Å². The number of hydrogen-bond donors (Lipinski definition) is 2. The highest BCUT2D eigenvalue weighted by atomic mass is 16.5. The third-order valence-electron chi connectivity index (χ3n) is 4.22. The van der Waals surface area contributed by atoms with Gasteiger partial charge in [0.15, 0.2) is 0 Å². The maximum atomic E-state index is 10.1. The largest absolute Gasteiger partial charge is 0.389 e. The van der Waals surface area contributed by atoms with Gasteiger partial charge in [-0.1, -0.05) is 39.0 Å². The first kappa shape index (κ1) is 12.3. The second-order valence-corrected chi connectivity index (χ2v) is 5.67. The van der Waals surface area contributed by atoms with Crippen LogP contribution in [-0.2, 0) is 4.74 Å². The Bertz CT molecular complexity index is 216. The number of nitrogens with two attached hydrogens (primary N) is 1. The van der Waals surface area contributed by atoms with Crippen LogP contribution in [0.1, 0.15) is 45.4 Å². The summed E-state index contributed by atoms with van der Waals surface area (Å²) in [4.78, 5) is 0. The van der Waals surface area contributed by atoms with Gasteiger partial charge >= 0.3 is 0 Å². The molecule has 16 heavy (non-hydrogen) atoms. The fourth-order valence-corrected chi connectivity index (χ4v) is 3.03. The van der Waals surface area contributed by atoms with E-state index in [1.165, 1.54) is 32.1 Å². The maximum absolute atomic E-state index is 10.1. The highest BCUT2D eigenvalue weighted by Gasteiger charge is 2.37. The lowest BCUT2D eigenvalue weighted by atomic mass is 9.81. The first-order chi connectivity index (χ1) is 7.68. The molecular weight excluding hydrogens is 202 g/mol. The third-order valence-corrected chi connectivity index (χ3v) is 4.22. The van der Waals surface area contributed by atoms with Crippen molar-refractivity contribution in [2.75, 3.05) is 6.61 Å². The number of rotatable bonds is 4. The standard InChI is InChI=1S/C13H25NO2/c1-9-8-16-13(9)12(15)11(14)7-10-5-3-2-4-6-10/h9-13,15H,2-8,14H2,1H3/t9-,11-,12+,13-/m0/s1. The Labute approximate surface area is 98.4 Å². The second-order valence-electron chi connectivity index (χ2n) is 5.67. The van der Waals surface area contributed by atoms with Crippen molar-refractivity contribution in [2.45, 2.75) is 63.7 Å². The fraction of sp³-hybridized carbons (Fsp3) is 1.00. The molecule has 3 heteroatoms. The Morgan fingerprint density at radius 1 is 1.31 bits per heavy atom. The molecule has 1 aliphatic carbocycles. The summed E-state index contributed by atoms with van der Waals surface area (Å²) in [5.41, 5.74) is 6.09. The lowest BCUT2D eigenvalue weighted by Crippen LogP contribution is -2.54. The van der Waals surface area contributed by atoms with Crippen LogP contribution in [0, 0.1) is 11.8 Å². The van der Waals surface area contributed by atoms with E-state index in [9.17, 15) is 5.11 Å². The molecule has 1 heterocycles. The average Bonchev–Trinajstić information content (AvgIpc) is 2.28. The molecule has 0 bridgehead atoms. The zero-order chi connectivity index (χ0) is 11.5. The topological polar surface area (TPSA) is 55.5 Å². The predicted molar refractivity (Wildman–Crippen MR) is 64.1 cm³/mol. The minimum absolute atomic E-state index is 0.0152. The summed E-state index contributed by atoms with van der Waals surface area (Å²) < 4.78 is 5.39. The molecule has 4 atom stereocenters. The van der Waals surface area contributed by atoms with Crippen molar-refractivity contribution in [3.63, 3.8) is 0 Å². The van der Waals surface area contributed by atoms with Gasteiger partial charge in [-0.2, -0.15) is 0 Å². The number of aliphatic hydroxyl groups is 1. The molecule has 0 aromatic heterocycles. The Balaban J connectivity index is 1.75. The summed E-state index contributed by atoms with van der Waals surface area (Å²) in [5.74, 6) is 1.20. The van der Waals surface area contributed by atoms with Crippen molar-refractivity contribution >= 4 is 0 Å². The van der Waals surface area contributed by atoms with Crippen LogP contribution in [0.3, 0.4) is 0 Å². The van der Waals surface area contributed by atoms with Crippen LogP contribution >= 0.6 is 0 Å². The average molecular weight is 227 g/mol. The van der Waals surface area contributed by atoms with E-state index in [-0.39, 0.29) is 12.1 Å². The lowest BCUT2D eigenvalue weighted by Gasteiger charge is -2.40. The maximum Gasteiger partial charge on any atom is 0.0955 e. The summed E-state index contributed by atoms with van der Waals surface area (Å²) in [5, 5.41) is 10.1. The summed E-state index contributed by atoms with van der Waals surface area (Å²) in [7, 11) is 0. The molecule has 1 saturated heterocycles. The van der Waals surface area contributed by atoms with E-state index in [4.69, 9.17) is 10.5 Å². The summed E-state index contributed by atoms with van der Waals surface area (Å²) in [6, 6.07) is -0.101. The molecule has 0 amide bonds.